The zero-order valence-electron chi connectivity index (χ0n) is 10.4. The third-order valence-electron chi connectivity index (χ3n) is 3.61. The molecular weight excluding hydrogens is 196 g/mol. The van der Waals surface area contributed by atoms with Crippen LogP contribution in [-0.2, 0) is 4.74 Å². The molecule has 1 saturated carbocycles. The Morgan fingerprint density at radius 3 is 2.62 bits per heavy atom. The smallest absolute Gasteiger partial charge is 0.0758 e. The molecule has 2 atom stereocenters. The molecule has 0 N–H and O–H groups in total. The number of hydrogen-bond acceptors (Lipinski definition) is 1. The first-order chi connectivity index (χ1) is 7.82. The van der Waals surface area contributed by atoms with Crippen molar-refractivity contribution in [1.29, 1.82) is 0 Å². The van der Waals surface area contributed by atoms with Crippen molar-refractivity contribution >= 4 is 0 Å². The van der Waals surface area contributed by atoms with Crippen LogP contribution in [0.15, 0.2) is 30.3 Å². The molecule has 1 aliphatic carbocycles. The lowest BCUT2D eigenvalue weighted by atomic mass is 10.0. The monoisotopic (exact) mass is 218 g/mol. The lowest BCUT2D eigenvalue weighted by Gasteiger charge is -2.17. The van der Waals surface area contributed by atoms with Gasteiger partial charge in [0.15, 0.2) is 0 Å². The highest BCUT2D eigenvalue weighted by Crippen LogP contribution is 2.57. The minimum absolute atomic E-state index is 0.173. The summed E-state index contributed by atoms with van der Waals surface area (Å²) in [6, 6.07) is 10.8. The largest absolute Gasteiger partial charge is 0.375 e. The Bertz CT molecular complexity index is 319. The number of hydrogen-bond donors (Lipinski definition) is 0. The highest BCUT2D eigenvalue weighted by atomic mass is 16.5. The van der Waals surface area contributed by atoms with E-state index in [0.29, 0.717) is 5.92 Å². The van der Waals surface area contributed by atoms with Crippen LogP contribution in [0, 0.1) is 0 Å². The third-order valence-corrected chi connectivity index (χ3v) is 3.61. The van der Waals surface area contributed by atoms with Gasteiger partial charge in [-0.25, -0.2) is 0 Å². The van der Waals surface area contributed by atoms with Gasteiger partial charge in [-0.1, -0.05) is 50.1 Å². The summed E-state index contributed by atoms with van der Waals surface area (Å²) in [5.41, 5.74) is 1.62. The second kappa shape index (κ2) is 5.01. The van der Waals surface area contributed by atoms with E-state index in [2.05, 4.69) is 44.2 Å². The molecule has 0 saturated heterocycles. The minimum Gasteiger partial charge on any atom is -0.375 e. The molecule has 0 heterocycles. The first-order valence-corrected chi connectivity index (χ1v) is 6.51. The summed E-state index contributed by atoms with van der Waals surface area (Å²) in [7, 11) is 0. The fraction of sp³-hybridized carbons (Fsp3) is 0.600. The Morgan fingerprint density at radius 1 is 1.25 bits per heavy atom. The molecule has 0 spiro atoms. The molecule has 2 unspecified atom stereocenters. The SMILES string of the molecule is CCCCC1(OCC)CC1c1ccccc1. The number of rotatable bonds is 6. The van der Waals surface area contributed by atoms with Gasteiger partial charge in [0.25, 0.3) is 0 Å². The van der Waals surface area contributed by atoms with E-state index in [4.69, 9.17) is 4.74 Å². The molecular formula is C15H22O. The second-order valence-corrected chi connectivity index (χ2v) is 4.77. The van der Waals surface area contributed by atoms with Gasteiger partial charge in [0.2, 0.25) is 0 Å². The van der Waals surface area contributed by atoms with Crippen LogP contribution < -0.4 is 0 Å². The predicted octanol–water partition coefficient (Wildman–Crippen LogP) is 4.14. The van der Waals surface area contributed by atoms with Gasteiger partial charge in [0.05, 0.1) is 5.60 Å². The lowest BCUT2D eigenvalue weighted by Crippen LogP contribution is -2.16. The second-order valence-electron chi connectivity index (χ2n) is 4.77. The van der Waals surface area contributed by atoms with Crippen molar-refractivity contribution in [2.75, 3.05) is 6.61 Å². The Labute approximate surface area is 98.8 Å². The Hall–Kier alpha value is -0.820. The van der Waals surface area contributed by atoms with Gasteiger partial charge in [0.1, 0.15) is 0 Å². The molecule has 16 heavy (non-hydrogen) atoms. The van der Waals surface area contributed by atoms with E-state index in [0.717, 1.165) is 6.61 Å². The molecule has 0 amide bonds. The van der Waals surface area contributed by atoms with Gasteiger partial charge >= 0.3 is 0 Å². The summed E-state index contributed by atoms with van der Waals surface area (Å²) >= 11 is 0. The van der Waals surface area contributed by atoms with Gasteiger partial charge in [0, 0.05) is 12.5 Å². The van der Waals surface area contributed by atoms with Crippen LogP contribution in [0.25, 0.3) is 0 Å². The topological polar surface area (TPSA) is 9.23 Å². The van der Waals surface area contributed by atoms with Gasteiger partial charge in [-0.2, -0.15) is 0 Å². The van der Waals surface area contributed by atoms with Crippen molar-refractivity contribution in [1.82, 2.24) is 0 Å². The van der Waals surface area contributed by atoms with E-state index in [1.54, 1.807) is 0 Å². The minimum atomic E-state index is 0.173. The lowest BCUT2D eigenvalue weighted by molar-refractivity contribution is 0.0290. The molecule has 1 aliphatic rings. The molecule has 1 aromatic carbocycles. The number of benzene rings is 1. The molecule has 1 fully saturated rings. The van der Waals surface area contributed by atoms with E-state index in [1.807, 2.05) is 0 Å². The molecule has 0 aromatic heterocycles. The fourth-order valence-electron chi connectivity index (χ4n) is 2.66. The number of ether oxygens (including phenoxy) is 1. The van der Waals surface area contributed by atoms with Crippen LogP contribution in [0.1, 0.15) is 51.0 Å². The Balaban J connectivity index is 2.03. The molecule has 1 heteroatoms. The van der Waals surface area contributed by atoms with Gasteiger partial charge < -0.3 is 4.74 Å². The average molecular weight is 218 g/mol. The maximum absolute atomic E-state index is 6.01. The first kappa shape index (κ1) is 11.7. The van der Waals surface area contributed by atoms with Crippen molar-refractivity contribution < 1.29 is 4.74 Å². The molecule has 1 aromatic rings. The molecule has 1 nitrogen and oxygen atoms in total. The maximum atomic E-state index is 6.01. The van der Waals surface area contributed by atoms with Crippen LogP contribution >= 0.6 is 0 Å². The van der Waals surface area contributed by atoms with E-state index in [9.17, 15) is 0 Å². The van der Waals surface area contributed by atoms with Crippen LogP contribution in [-0.4, -0.2) is 12.2 Å². The molecule has 88 valence electrons. The number of unbranched alkanes of at least 4 members (excludes halogenated alkanes) is 1. The van der Waals surface area contributed by atoms with Crippen LogP contribution in [0.2, 0.25) is 0 Å². The summed E-state index contributed by atoms with van der Waals surface area (Å²) in [6.45, 7) is 5.20. The standard InChI is InChI=1S/C15H22O/c1-3-5-11-15(16-4-2)12-14(15)13-9-7-6-8-10-13/h6-10,14H,3-5,11-12H2,1-2H3. The Morgan fingerprint density at radius 2 is 2.00 bits per heavy atom. The fourth-order valence-corrected chi connectivity index (χ4v) is 2.66. The summed E-state index contributed by atoms with van der Waals surface area (Å²) in [5.74, 6) is 0.639. The van der Waals surface area contributed by atoms with Gasteiger partial charge in [-0.15, -0.1) is 0 Å². The van der Waals surface area contributed by atoms with Crippen LogP contribution in [0.4, 0.5) is 0 Å². The highest BCUT2D eigenvalue weighted by molar-refractivity contribution is 5.31. The van der Waals surface area contributed by atoms with Gasteiger partial charge in [-0.3, -0.25) is 0 Å². The van der Waals surface area contributed by atoms with E-state index >= 15 is 0 Å². The van der Waals surface area contributed by atoms with Crippen molar-refractivity contribution in [2.45, 2.75) is 51.0 Å². The van der Waals surface area contributed by atoms with Gasteiger partial charge in [-0.05, 0) is 25.3 Å². The van der Waals surface area contributed by atoms with Crippen LogP contribution in [0.5, 0.6) is 0 Å². The van der Waals surface area contributed by atoms with Crippen molar-refractivity contribution in [3.8, 4) is 0 Å². The first-order valence-electron chi connectivity index (χ1n) is 6.51. The zero-order chi connectivity index (χ0) is 11.4. The maximum Gasteiger partial charge on any atom is 0.0758 e. The third kappa shape index (κ3) is 2.30. The summed E-state index contributed by atoms with van der Waals surface area (Å²) in [4.78, 5) is 0. The Kier molecular flexibility index (Phi) is 3.65. The predicted molar refractivity (Wildman–Crippen MR) is 67.7 cm³/mol. The summed E-state index contributed by atoms with van der Waals surface area (Å²) < 4.78 is 6.01. The van der Waals surface area contributed by atoms with E-state index in [1.165, 1.54) is 31.2 Å². The quantitative estimate of drug-likeness (QED) is 0.697. The summed E-state index contributed by atoms with van der Waals surface area (Å²) in [5, 5.41) is 0. The molecule has 2 rings (SSSR count). The summed E-state index contributed by atoms with van der Waals surface area (Å²) in [6.07, 6.45) is 4.97. The average Bonchev–Trinajstić information content (AvgIpc) is 3.03. The van der Waals surface area contributed by atoms with Crippen molar-refractivity contribution in [2.24, 2.45) is 0 Å². The van der Waals surface area contributed by atoms with Crippen LogP contribution in [0.3, 0.4) is 0 Å². The molecule has 0 aliphatic heterocycles. The normalized spacial score (nSPS) is 28.0. The van der Waals surface area contributed by atoms with Crippen molar-refractivity contribution in [3.63, 3.8) is 0 Å². The zero-order valence-corrected chi connectivity index (χ0v) is 10.4. The molecule has 0 bridgehead atoms. The highest BCUT2D eigenvalue weighted by Gasteiger charge is 2.55. The van der Waals surface area contributed by atoms with E-state index < -0.39 is 0 Å². The molecule has 0 radical (unpaired) electrons. The van der Waals surface area contributed by atoms with Crippen molar-refractivity contribution in [3.05, 3.63) is 35.9 Å². The van der Waals surface area contributed by atoms with E-state index in [-0.39, 0.29) is 5.60 Å².